The highest BCUT2D eigenvalue weighted by atomic mass is 35.5. The second-order valence-corrected chi connectivity index (χ2v) is 9.94. The number of benzene rings is 2. The third-order valence-electron chi connectivity index (χ3n) is 5.17. The zero-order chi connectivity index (χ0) is 23.6. The summed E-state index contributed by atoms with van der Waals surface area (Å²) >= 11 is 5.98. The van der Waals surface area contributed by atoms with Gasteiger partial charge in [0, 0.05) is 38.3 Å². The lowest BCUT2D eigenvalue weighted by molar-refractivity contribution is -0.140. The van der Waals surface area contributed by atoms with Crippen LogP contribution in [0.25, 0.3) is 5.76 Å². The Labute approximate surface area is 191 Å². The highest BCUT2D eigenvalue weighted by Crippen LogP contribution is 2.39. The number of likely N-dealkylation sites (tertiary alicyclic amines) is 1. The summed E-state index contributed by atoms with van der Waals surface area (Å²) in [5.41, 5.74) is 0.723. The van der Waals surface area contributed by atoms with Gasteiger partial charge in [0.05, 0.1) is 23.1 Å². The van der Waals surface area contributed by atoms with Crippen molar-refractivity contribution in [3.63, 3.8) is 0 Å². The van der Waals surface area contributed by atoms with Crippen LogP contribution in [0.5, 0.6) is 0 Å². The van der Waals surface area contributed by atoms with Gasteiger partial charge in [-0.05, 0) is 42.0 Å². The highest BCUT2D eigenvalue weighted by molar-refractivity contribution is 7.89. The second kappa shape index (κ2) is 9.41. The van der Waals surface area contributed by atoms with E-state index in [2.05, 4.69) is 0 Å². The lowest BCUT2D eigenvalue weighted by Crippen LogP contribution is -2.32. The van der Waals surface area contributed by atoms with E-state index in [1.807, 2.05) is 0 Å². The van der Waals surface area contributed by atoms with Crippen molar-refractivity contribution in [3.8, 4) is 0 Å². The lowest BCUT2D eigenvalue weighted by atomic mass is 9.95. The van der Waals surface area contributed by atoms with Gasteiger partial charge in [-0.3, -0.25) is 9.59 Å². The van der Waals surface area contributed by atoms with Gasteiger partial charge in [-0.15, -0.1) is 0 Å². The standard InChI is InChI=1S/C22H23ClN2O6S/c1-24(2)32(29,30)17-10-6-15(7-11-17)20(26)18-19(14-4-8-16(23)9-5-14)25(12-13-31-3)22(28)21(18)27/h4-11,19,26H,12-13H2,1-3H3/b20-18+/t19-/m0/s1. The van der Waals surface area contributed by atoms with Crippen molar-refractivity contribution in [2.75, 3.05) is 34.4 Å². The first-order valence-corrected chi connectivity index (χ1v) is 11.5. The van der Waals surface area contributed by atoms with Crippen molar-refractivity contribution in [1.82, 2.24) is 9.21 Å². The van der Waals surface area contributed by atoms with E-state index in [0.29, 0.717) is 10.6 Å². The van der Waals surface area contributed by atoms with Crippen molar-refractivity contribution in [2.45, 2.75) is 10.9 Å². The summed E-state index contributed by atoms with van der Waals surface area (Å²) in [4.78, 5) is 27.0. The molecule has 2 aromatic rings. The first-order valence-electron chi connectivity index (χ1n) is 9.65. The predicted molar refractivity (Wildman–Crippen MR) is 120 cm³/mol. The fraction of sp³-hybridized carbons (Fsp3) is 0.273. The predicted octanol–water partition coefficient (Wildman–Crippen LogP) is 2.66. The summed E-state index contributed by atoms with van der Waals surface area (Å²) in [5.74, 6) is -1.98. The molecule has 0 aromatic heterocycles. The molecule has 1 atom stereocenters. The molecule has 0 saturated carbocycles. The summed E-state index contributed by atoms with van der Waals surface area (Å²) in [7, 11) is 0.656. The van der Waals surface area contributed by atoms with E-state index < -0.39 is 33.5 Å². The molecule has 1 amide bonds. The fourth-order valence-corrected chi connectivity index (χ4v) is 4.47. The minimum atomic E-state index is -3.65. The Kier molecular flexibility index (Phi) is 7.04. The summed E-state index contributed by atoms with van der Waals surface area (Å²) < 4.78 is 30.7. The molecular formula is C22H23ClN2O6S. The van der Waals surface area contributed by atoms with Crippen molar-refractivity contribution in [1.29, 1.82) is 0 Å². The Bertz CT molecular complexity index is 1160. The third kappa shape index (κ3) is 4.42. The molecule has 0 spiro atoms. The maximum absolute atomic E-state index is 12.9. The Morgan fingerprint density at radius 1 is 1.09 bits per heavy atom. The molecule has 32 heavy (non-hydrogen) atoms. The second-order valence-electron chi connectivity index (χ2n) is 7.35. The van der Waals surface area contributed by atoms with E-state index >= 15 is 0 Å². The third-order valence-corrected chi connectivity index (χ3v) is 7.25. The van der Waals surface area contributed by atoms with Gasteiger partial charge in [0.1, 0.15) is 5.76 Å². The number of rotatable bonds is 7. The van der Waals surface area contributed by atoms with Crippen molar-refractivity contribution in [2.24, 2.45) is 0 Å². The summed E-state index contributed by atoms with van der Waals surface area (Å²) in [6.07, 6.45) is 0. The topological polar surface area (TPSA) is 104 Å². The highest BCUT2D eigenvalue weighted by Gasteiger charge is 2.45. The number of ether oxygens (including phenoxy) is 1. The van der Waals surface area contributed by atoms with Gasteiger partial charge in [-0.2, -0.15) is 0 Å². The Balaban J connectivity index is 2.11. The normalized spacial score (nSPS) is 18.5. The average molecular weight is 479 g/mol. The molecule has 170 valence electrons. The molecular weight excluding hydrogens is 456 g/mol. The number of aliphatic hydroxyl groups is 1. The number of carbonyl (C=O) groups excluding carboxylic acids is 2. The number of Topliss-reactive ketones (excluding diaryl/α,β-unsaturated/α-hetero) is 1. The monoisotopic (exact) mass is 478 g/mol. The van der Waals surface area contributed by atoms with Gasteiger partial charge >= 0.3 is 0 Å². The molecule has 0 unspecified atom stereocenters. The van der Waals surface area contributed by atoms with Crippen LogP contribution in [-0.2, 0) is 24.3 Å². The van der Waals surface area contributed by atoms with Gasteiger partial charge in [0.25, 0.3) is 11.7 Å². The van der Waals surface area contributed by atoms with Crippen molar-refractivity contribution >= 4 is 39.1 Å². The van der Waals surface area contributed by atoms with Crippen LogP contribution in [0.15, 0.2) is 59.0 Å². The van der Waals surface area contributed by atoms with Gasteiger partial charge in [-0.25, -0.2) is 12.7 Å². The van der Waals surface area contributed by atoms with E-state index in [9.17, 15) is 23.1 Å². The minimum absolute atomic E-state index is 0.0360. The Hall–Kier alpha value is -2.72. The zero-order valence-electron chi connectivity index (χ0n) is 17.8. The van der Waals surface area contributed by atoms with Gasteiger partial charge in [-0.1, -0.05) is 23.7 Å². The summed E-state index contributed by atoms with van der Waals surface area (Å²) in [6.45, 7) is 0.347. The molecule has 0 aliphatic carbocycles. The number of sulfonamides is 1. The van der Waals surface area contributed by atoms with Crippen molar-refractivity contribution < 1.29 is 27.9 Å². The number of carbonyl (C=O) groups is 2. The molecule has 1 saturated heterocycles. The molecule has 0 bridgehead atoms. The molecule has 3 rings (SSSR count). The number of hydrogen-bond acceptors (Lipinski definition) is 6. The van der Waals surface area contributed by atoms with Crippen LogP contribution in [0, 0.1) is 0 Å². The quantitative estimate of drug-likeness (QED) is 0.372. The summed E-state index contributed by atoms with van der Waals surface area (Å²) in [6, 6.07) is 11.2. The van der Waals surface area contributed by atoms with E-state index in [1.54, 1.807) is 24.3 Å². The fourth-order valence-electron chi connectivity index (χ4n) is 3.44. The average Bonchev–Trinajstić information content (AvgIpc) is 3.02. The van der Waals surface area contributed by atoms with E-state index in [1.165, 1.54) is 50.4 Å². The number of aliphatic hydroxyl groups excluding tert-OH is 1. The van der Waals surface area contributed by atoms with E-state index in [4.69, 9.17) is 16.3 Å². The first-order chi connectivity index (χ1) is 15.1. The first kappa shape index (κ1) is 23.9. The molecule has 2 aromatic carbocycles. The molecule has 1 aliphatic rings. The number of amides is 1. The molecule has 10 heteroatoms. The van der Waals surface area contributed by atoms with Crippen LogP contribution in [0.2, 0.25) is 5.02 Å². The molecule has 1 aliphatic heterocycles. The zero-order valence-corrected chi connectivity index (χ0v) is 19.4. The van der Waals surface area contributed by atoms with Gasteiger partial charge < -0.3 is 14.7 Å². The van der Waals surface area contributed by atoms with Crippen LogP contribution in [0.1, 0.15) is 17.2 Å². The smallest absolute Gasteiger partial charge is 0.295 e. The minimum Gasteiger partial charge on any atom is -0.507 e. The maximum Gasteiger partial charge on any atom is 0.295 e. The largest absolute Gasteiger partial charge is 0.507 e. The molecule has 8 nitrogen and oxygen atoms in total. The number of hydrogen-bond donors (Lipinski definition) is 1. The number of halogens is 1. The van der Waals surface area contributed by atoms with Crippen LogP contribution >= 0.6 is 11.6 Å². The van der Waals surface area contributed by atoms with E-state index in [-0.39, 0.29) is 29.2 Å². The molecule has 1 N–H and O–H groups in total. The SMILES string of the molecule is COCCN1C(=O)C(=O)/C(=C(/O)c2ccc(S(=O)(=O)N(C)C)cc2)[C@@H]1c1ccc(Cl)cc1. The van der Waals surface area contributed by atoms with Crippen molar-refractivity contribution in [3.05, 3.63) is 70.3 Å². The van der Waals surface area contributed by atoms with Crippen LogP contribution in [0.3, 0.4) is 0 Å². The van der Waals surface area contributed by atoms with Crippen LogP contribution in [0.4, 0.5) is 0 Å². The van der Waals surface area contributed by atoms with Gasteiger partial charge in [0.15, 0.2) is 0 Å². The number of ketones is 1. The Morgan fingerprint density at radius 3 is 2.22 bits per heavy atom. The summed E-state index contributed by atoms with van der Waals surface area (Å²) in [5, 5.41) is 11.5. The number of nitrogens with zero attached hydrogens (tertiary/aromatic N) is 2. The molecule has 1 heterocycles. The van der Waals surface area contributed by atoms with Crippen LogP contribution in [-0.4, -0.2) is 68.8 Å². The molecule has 0 radical (unpaired) electrons. The van der Waals surface area contributed by atoms with Crippen LogP contribution < -0.4 is 0 Å². The maximum atomic E-state index is 12.9. The number of methoxy groups -OCH3 is 1. The lowest BCUT2D eigenvalue weighted by Gasteiger charge is -2.25. The van der Waals surface area contributed by atoms with E-state index in [0.717, 1.165) is 4.31 Å². The molecule has 1 fully saturated rings. The Morgan fingerprint density at radius 2 is 1.69 bits per heavy atom. The van der Waals surface area contributed by atoms with Gasteiger partial charge in [0.2, 0.25) is 10.0 Å².